The third kappa shape index (κ3) is 4.38. The van der Waals surface area contributed by atoms with Gasteiger partial charge in [-0.15, -0.1) is 10.2 Å². The molecule has 1 aliphatic carbocycles. The van der Waals surface area contributed by atoms with Crippen LogP contribution in [0.15, 0.2) is 29.4 Å². The van der Waals surface area contributed by atoms with Crippen LogP contribution in [0.3, 0.4) is 0 Å². The number of nitrogens with one attached hydrogen (secondary N) is 1. The fraction of sp³-hybridized carbons (Fsp3) is 0.526. The Balaban J connectivity index is 1.66. The van der Waals surface area contributed by atoms with Crippen molar-refractivity contribution >= 4 is 29.0 Å². The number of anilines is 2. The summed E-state index contributed by atoms with van der Waals surface area (Å²) in [5.41, 5.74) is 7.10. The van der Waals surface area contributed by atoms with Crippen LogP contribution < -0.4 is 11.1 Å². The molecule has 6 nitrogen and oxygen atoms in total. The van der Waals surface area contributed by atoms with Crippen LogP contribution in [-0.2, 0) is 11.3 Å². The van der Waals surface area contributed by atoms with Gasteiger partial charge in [-0.3, -0.25) is 4.79 Å². The predicted molar refractivity (Wildman–Crippen MR) is 106 cm³/mol. The zero-order chi connectivity index (χ0) is 18.5. The molecule has 0 unspecified atom stereocenters. The number of hydrogen-bond donors (Lipinski definition) is 2. The van der Waals surface area contributed by atoms with Gasteiger partial charge >= 0.3 is 0 Å². The molecular weight excluding hydrogens is 346 g/mol. The van der Waals surface area contributed by atoms with Crippen LogP contribution in [0.2, 0.25) is 0 Å². The number of carbonyl (C=O) groups is 1. The Morgan fingerprint density at radius 2 is 1.96 bits per heavy atom. The lowest BCUT2D eigenvalue weighted by molar-refractivity contribution is -0.115. The first-order valence-corrected chi connectivity index (χ1v) is 10.2. The summed E-state index contributed by atoms with van der Waals surface area (Å²) in [7, 11) is 0. The van der Waals surface area contributed by atoms with Gasteiger partial charge in [0, 0.05) is 23.8 Å². The first kappa shape index (κ1) is 18.8. The smallest absolute Gasteiger partial charge is 0.237 e. The quantitative estimate of drug-likeness (QED) is 0.589. The molecule has 1 saturated carbocycles. The standard InChI is InChI=1S/C19H27N5OS/c1-3-24-17(14-7-5-4-6-8-14)22-23-19(24)26-13(2)18(25)21-16-11-9-15(20)10-12-16/h9-14H,3-8,20H2,1-2H3,(H,21,25)/t13-/m0/s1. The zero-order valence-corrected chi connectivity index (χ0v) is 16.3. The predicted octanol–water partition coefficient (Wildman–Crippen LogP) is 4.05. The minimum atomic E-state index is -0.263. The first-order valence-electron chi connectivity index (χ1n) is 9.34. The summed E-state index contributed by atoms with van der Waals surface area (Å²) in [6.45, 7) is 4.83. The number of nitrogens with zero attached hydrogens (tertiary/aromatic N) is 3. The maximum Gasteiger partial charge on any atom is 0.237 e. The van der Waals surface area contributed by atoms with Crippen LogP contribution in [0, 0.1) is 0 Å². The number of nitrogen functional groups attached to an aromatic ring is 1. The van der Waals surface area contributed by atoms with Crippen molar-refractivity contribution in [3.05, 3.63) is 30.1 Å². The van der Waals surface area contributed by atoms with E-state index >= 15 is 0 Å². The number of benzene rings is 1. The van der Waals surface area contributed by atoms with Crippen molar-refractivity contribution < 1.29 is 4.79 Å². The average Bonchev–Trinajstić information content (AvgIpc) is 3.06. The van der Waals surface area contributed by atoms with Gasteiger partial charge in [-0.05, 0) is 51.0 Å². The number of aromatic nitrogens is 3. The fourth-order valence-electron chi connectivity index (χ4n) is 3.37. The highest BCUT2D eigenvalue weighted by Gasteiger charge is 2.25. The fourth-order valence-corrected chi connectivity index (χ4v) is 4.29. The van der Waals surface area contributed by atoms with Gasteiger partial charge in [0.15, 0.2) is 5.16 Å². The molecule has 0 spiro atoms. The van der Waals surface area contributed by atoms with Crippen molar-refractivity contribution in [1.82, 2.24) is 14.8 Å². The second-order valence-electron chi connectivity index (χ2n) is 6.79. The monoisotopic (exact) mass is 373 g/mol. The van der Waals surface area contributed by atoms with Gasteiger partial charge in [-0.25, -0.2) is 0 Å². The van der Waals surface area contributed by atoms with Gasteiger partial charge < -0.3 is 15.6 Å². The van der Waals surface area contributed by atoms with Crippen molar-refractivity contribution in [3.63, 3.8) is 0 Å². The van der Waals surface area contributed by atoms with Gasteiger partial charge in [-0.1, -0.05) is 31.0 Å². The van der Waals surface area contributed by atoms with Crippen LogP contribution in [0.4, 0.5) is 11.4 Å². The summed E-state index contributed by atoms with van der Waals surface area (Å²) in [5, 5.41) is 12.3. The molecule has 3 rings (SSSR count). The van der Waals surface area contributed by atoms with Crippen molar-refractivity contribution in [2.45, 2.75) is 68.8 Å². The highest BCUT2D eigenvalue weighted by Crippen LogP contribution is 2.34. The zero-order valence-electron chi connectivity index (χ0n) is 15.4. The number of rotatable bonds is 6. The molecule has 140 valence electrons. The van der Waals surface area contributed by atoms with Crippen molar-refractivity contribution in [2.24, 2.45) is 0 Å². The molecule has 1 atom stereocenters. The summed E-state index contributed by atoms with van der Waals surface area (Å²) < 4.78 is 2.17. The van der Waals surface area contributed by atoms with Gasteiger partial charge in [0.2, 0.25) is 5.91 Å². The highest BCUT2D eigenvalue weighted by atomic mass is 32.2. The Morgan fingerprint density at radius 1 is 1.27 bits per heavy atom. The molecular formula is C19H27N5OS. The summed E-state index contributed by atoms with van der Waals surface area (Å²) >= 11 is 1.46. The van der Waals surface area contributed by atoms with E-state index in [2.05, 4.69) is 27.0 Å². The Morgan fingerprint density at radius 3 is 2.62 bits per heavy atom. The summed E-state index contributed by atoms with van der Waals surface area (Å²) in [6.07, 6.45) is 6.24. The molecule has 2 aromatic rings. The molecule has 0 radical (unpaired) electrons. The van der Waals surface area contributed by atoms with Crippen LogP contribution in [-0.4, -0.2) is 25.9 Å². The van der Waals surface area contributed by atoms with Crippen LogP contribution in [0.25, 0.3) is 0 Å². The lowest BCUT2D eigenvalue weighted by Gasteiger charge is -2.21. The molecule has 0 saturated heterocycles. The van der Waals surface area contributed by atoms with Gasteiger partial charge in [0.1, 0.15) is 5.82 Å². The molecule has 3 N–H and O–H groups in total. The molecule has 1 fully saturated rings. The van der Waals surface area contributed by atoms with Crippen molar-refractivity contribution in [1.29, 1.82) is 0 Å². The van der Waals surface area contributed by atoms with E-state index in [0.717, 1.165) is 23.2 Å². The van der Waals surface area contributed by atoms with Crippen LogP contribution in [0.1, 0.15) is 57.7 Å². The topological polar surface area (TPSA) is 85.8 Å². The van der Waals surface area contributed by atoms with E-state index < -0.39 is 0 Å². The lowest BCUT2D eigenvalue weighted by atomic mass is 9.89. The minimum Gasteiger partial charge on any atom is -0.399 e. The van der Waals surface area contributed by atoms with E-state index in [1.807, 2.05) is 6.92 Å². The molecule has 1 aromatic carbocycles. The maximum atomic E-state index is 12.5. The molecule has 0 bridgehead atoms. The molecule has 7 heteroatoms. The molecule has 1 amide bonds. The Labute approximate surface area is 158 Å². The lowest BCUT2D eigenvalue weighted by Crippen LogP contribution is -2.23. The van der Waals surface area contributed by atoms with Gasteiger partial charge in [0.05, 0.1) is 5.25 Å². The third-order valence-corrected chi connectivity index (χ3v) is 5.94. The van der Waals surface area contributed by atoms with Crippen LogP contribution in [0.5, 0.6) is 0 Å². The van der Waals surface area contributed by atoms with E-state index in [-0.39, 0.29) is 11.2 Å². The summed E-state index contributed by atoms with van der Waals surface area (Å²) in [6, 6.07) is 7.16. The first-order chi connectivity index (χ1) is 12.6. The van der Waals surface area contributed by atoms with E-state index in [9.17, 15) is 4.79 Å². The second-order valence-corrected chi connectivity index (χ2v) is 8.10. The maximum absolute atomic E-state index is 12.5. The Hall–Kier alpha value is -2.02. The molecule has 26 heavy (non-hydrogen) atoms. The van der Waals surface area contributed by atoms with E-state index in [0.29, 0.717) is 11.6 Å². The van der Waals surface area contributed by atoms with E-state index in [4.69, 9.17) is 5.73 Å². The molecule has 1 heterocycles. The Bertz CT molecular complexity index is 737. The van der Waals surface area contributed by atoms with Crippen molar-refractivity contribution in [2.75, 3.05) is 11.1 Å². The third-order valence-electron chi connectivity index (χ3n) is 4.86. The minimum absolute atomic E-state index is 0.0513. The number of amides is 1. The largest absolute Gasteiger partial charge is 0.399 e. The number of thioether (sulfide) groups is 1. The SMILES string of the molecule is CCn1c(S[C@@H](C)C(=O)Nc2ccc(N)cc2)nnc1C1CCCCC1. The van der Waals surface area contributed by atoms with E-state index in [1.54, 1.807) is 24.3 Å². The number of nitrogens with two attached hydrogens (primary N) is 1. The number of hydrogen-bond acceptors (Lipinski definition) is 5. The normalized spacial score (nSPS) is 16.4. The summed E-state index contributed by atoms with van der Waals surface area (Å²) in [5.74, 6) is 1.54. The van der Waals surface area contributed by atoms with Crippen LogP contribution >= 0.6 is 11.8 Å². The second kappa shape index (κ2) is 8.58. The van der Waals surface area contributed by atoms with Crippen molar-refractivity contribution in [3.8, 4) is 0 Å². The molecule has 1 aliphatic rings. The average molecular weight is 374 g/mol. The highest BCUT2D eigenvalue weighted by molar-refractivity contribution is 8.00. The molecule has 0 aliphatic heterocycles. The van der Waals surface area contributed by atoms with E-state index in [1.165, 1.54) is 43.9 Å². The Kier molecular flexibility index (Phi) is 6.19. The van der Waals surface area contributed by atoms with Gasteiger partial charge in [0.25, 0.3) is 0 Å². The molecule has 1 aromatic heterocycles. The number of carbonyl (C=O) groups excluding carboxylic acids is 1. The van der Waals surface area contributed by atoms with Gasteiger partial charge in [-0.2, -0.15) is 0 Å². The summed E-state index contributed by atoms with van der Waals surface area (Å²) in [4.78, 5) is 12.5.